The van der Waals surface area contributed by atoms with Gasteiger partial charge in [0, 0.05) is 60.1 Å². The molecule has 0 aliphatic carbocycles. The number of fused-ring (bicyclic) bond motifs is 1. The van der Waals surface area contributed by atoms with E-state index >= 15 is 0 Å². The molecule has 0 saturated heterocycles. The molecule has 41 heavy (non-hydrogen) atoms. The van der Waals surface area contributed by atoms with Crippen molar-refractivity contribution in [2.24, 2.45) is 5.73 Å². The van der Waals surface area contributed by atoms with Gasteiger partial charge in [-0.1, -0.05) is 18.2 Å². The van der Waals surface area contributed by atoms with Crippen LogP contribution in [0.15, 0.2) is 55.5 Å². The molecule has 4 rings (SSSR count). The van der Waals surface area contributed by atoms with Crippen LogP contribution < -0.4 is 21.7 Å². The Morgan fingerprint density at radius 3 is 1.95 bits per heavy atom. The van der Waals surface area contributed by atoms with Crippen LogP contribution in [-0.2, 0) is 38.4 Å². The number of imidazole rings is 2. The van der Waals surface area contributed by atoms with Gasteiger partial charge >= 0.3 is 5.97 Å². The summed E-state index contributed by atoms with van der Waals surface area (Å²) in [6, 6.07) is 2.41. The first-order valence-corrected chi connectivity index (χ1v) is 12.7. The van der Waals surface area contributed by atoms with Gasteiger partial charge in [-0.05, 0) is 11.6 Å². The summed E-state index contributed by atoms with van der Waals surface area (Å²) in [7, 11) is 0. The molecule has 216 valence electrons. The summed E-state index contributed by atoms with van der Waals surface area (Å²) in [5, 5.41) is 27.5. The highest BCUT2D eigenvalue weighted by Gasteiger charge is 2.31. The number of carboxylic acids is 1. The van der Waals surface area contributed by atoms with Crippen molar-refractivity contribution in [2.75, 3.05) is 6.61 Å². The number of aromatic nitrogens is 5. The highest BCUT2D eigenvalue weighted by atomic mass is 16.4. The monoisotopic (exact) mass is 565 g/mol. The molecule has 3 amide bonds. The number of nitrogens with one attached hydrogen (secondary N) is 6. The number of nitrogens with zero attached hydrogens (tertiary/aromatic N) is 2. The predicted octanol–water partition coefficient (Wildman–Crippen LogP) is -1.50. The van der Waals surface area contributed by atoms with Crippen LogP contribution in [0.2, 0.25) is 0 Å². The standard InChI is InChI=1S/C26H31N9O6/c27-18(11-36)23(37)33-20(5-14-8-30-19-4-2-1-3-17(14)19)24(38)34-21(6-15-9-28-12-31-15)25(39)35-22(26(40)41)7-16-10-29-13-32-16/h1-4,8-10,12-13,18,20-22,30,36H,5-7,11,27H2,(H,28,31)(H,29,32)(H,33,37)(H,34,38)(H,35,39)(H,40,41). The summed E-state index contributed by atoms with van der Waals surface area (Å²) in [5.74, 6) is -3.51. The summed E-state index contributed by atoms with van der Waals surface area (Å²) in [4.78, 5) is 68.0. The van der Waals surface area contributed by atoms with E-state index < -0.39 is 54.5 Å². The molecule has 0 bridgehead atoms. The molecular formula is C26H31N9O6. The van der Waals surface area contributed by atoms with Crippen molar-refractivity contribution in [3.8, 4) is 0 Å². The van der Waals surface area contributed by atoms with E-state index in [1.165, 1.54) is 25.0 Å². The Kier molecular flexibility index (Phi) is 9.44. The maximum atomic E-state index is 13.6. The largest absolute Gasteiger partial charge is 0.480 e. The van der Waals surface area contributed by atoms with Gasteiger partial charge in [-0.25, -0.2) is 14.8 Å². The first-order valence-electron chi connectivity index (χ1n) is 12.7. The van der Waals surface area contributed by atoms with E-state index in [9.17, 15) is 29.4 Å². The fourth-order valence-electron chi connectivity index (χ4n) is 4.28. The number of nitrogens with two attached hydrogens (primary N) is 1. The molecule has 15 nitrogen and oxygen atoms in total. The predicted molar refractivity (Wildman–Crippen MR) is 145 cm³/mol. The van der Waals surface area contributed by atoms with Gasteiger partial charge in [0.1, 0.15) is 24.2 Å². The molecule has 0 fully saturated rings. The van der Waals surface area contributed by atoms with Crippen LogP contribution >= 0.6 is 0 Å². The van der Waals surface area contributed by atoms with Gasteiger partial charge in [0.05, 0.1) is 19.3 Å². The third-order valence-electron chi connectivity index (χ3n) is 6.47. The fourth-order valence-corrected chi connectivity index (χ4v) is 4.28. The zero-order chi connectivity index (χ0) is 29.4. The number of benzene rings is 1. The second kappa shape index (κ2) is 13.4. The highest BCUT2D eigenvalue weighted by molar-refractivity contribution is 5.95. The average molecular weight is 566 g/mol. The van der Waals surface area contributed by atoms with Crippen LogP contribution in [0.5, 0.6) is 0 Å². The molecule has 0 radical (unpaired) electrons. The number of aliphatic carboxylic acids is 1. The average Bonchev–Trinajstić information content (AvgIpc) is 3.74. The van der Waals surface area contributed by atoms with Crippen LogP contribution in [-0.4, -0.2) is 89.6 Å². The van der Waals surface area contributed by atoms with E-state index in [1.807, 2.05) is 24.3 Å². The Bertz CT molecular complexity index is 1470. The molecule has 3 aromatic heterocycles. The first-order chi connectivity index (χ1) is 19.7. The molecule has 10 N–H and O–H groups in total. The minimum Gasteiger partial charge on any atom is -0.480 e. The van der Waals surface area contributed by atoms with Gasteiger partial charge < -0.3 is 46.8 Å². The lowest BCUT2D eigenvalue weighted by molar-refractivity contribution is -0.142. The van der Waals surface area contributed by atoms with Crippen molar-refractivity contribution < 1.29 is 29.4 Å². The maximum Gasteiger partial charge on any atom is 0.326 e. The van der Waals surface area contributed by atoms with E-state index in [0.717, 1.165) is 16.5 Å². The lowest BCUT2D eigenvalue weighted by Crippen LogP contribution is -2.58. The quantitative estimate of drug-likeness (QED) is 0.0862. The number of amides is 3. The summed E-state index contributed by atoms with van der Waals surface area (Å²) in [6.07, 6.45) is 7.35. The molecule has 4 aromatic rings. The molecule has 4 unspecified atom stereocenters. The number of rotatable bonds is 14. The number of aliphatic hydroxyl groups excluding tert-OH is 1. The zero-order valence-electron chi connectivity index (χ0n) is 21.8. The van der Waals surface area contributed by atoms with Crippen LogP contribution in [0, 0.1) is 0 Å². The van der Waals surface area contributed by atoms with Gasteiger partial charge in [0.2, 0.25) is 17.7 Å². The van der Waals surface area contributed by atoms with Crippen LogP contribution in [0.4, 0.5) is 0 Å². The molecule has 4 atom stereocenters. The summed E-state index contributed by atoms with van der Waals surface area (Å²) in [5.41, 5.74) is 8.22. The van der Waals surface area contributed by atoms with Crippen molar-refractivity contribution >= 4 is 34.6 Å². The molecule has 0 aliphatic heterocycles. The van der Waals surface area contributed by atoms with Gasteiger partial charge in [-0.2, -0.15) is 0 Å². The summed E-state index contributed by atoms with van der Waals surface area (Å²) < 4.78 is 0. The van der Waals surface area contributed by atoms with Crippen LogP contribution in [0.25, 0.3) is 10.9 Å². The summed E-state index contributed by atoms with van der Waals surface area (Å²) in [6.45, 7) is -0.634. The van der Waals surface area contributed by atoms with Gasteiger partial charge in [0.15, 0.2) is 0 Å². The maximum absolute atomic E-state index is 13.6. The number of carbonyl (C=O) groups excluding carboxylic acids is 3. The normalized spacial score (nSPS) is 14.1. The third-order valence-corrected chi connectivity index (χ3v) is 6.47. The molecule has 0 saturated carbocycles. The second-order valence-corrected chi connectivity index (χ2v) is 9.44. The number of hydrogen-bond donors (Lipinski definition) is 9. The van der Waals surface area contributed by atoms with Crippen molar-refractivity contribution in [3.63, 3.8) is 0 Å². The van der Waals surface area contributed by atoms with Crippen molar-refractivity contribution in [2.45, 2.75) is 43.4 Å². The van der Waals surface area contributed by atoms with Gasteiger partial charge in [0.25, 0.3) is 0 Å². The topological polar surface area (TPSA) is 244 Å². The van der Waals surface area contributed by atoms with Crippen LogP contribution in [0.1, 0.15) is 17.0 Å². The van der Waals surface area contributed by atoms with E-state index in [0.29, 0.717) is 11.4 Å². The van der Waals surface area contributed by atoms with Crippen LogP contribution in [0.3, 0.4) is 0 Å². The van der Waals surface area contributed by atoms with E-state index in [1.54, 1.807) is 6.20 Å². The Hall–Kier alpha value is -5.02. The molecule has 0 aliphatic rings. The lowest BCUT2D eigenvalue weighted by Gasteiger charge is -2.25. The molecular weight excluding hydrogens is 534 g/mol. The van der Waals surface area contributed by atoms with E-state index in [2.05, 4.69) is 40.9 Å². The first kappa shape index (κ1) is 29.0. The van der Waals surface area contributed by atoms with Gasteiger partial charge in [-0.3, -0.25) is 14.4 Å². The second-order valence-electron chi connectivity index (χ2n) is 9.44. The van der Waals surface area contributed by atoms with E-state index in [-0.39, 0.29) is 19.3 Å². The number of aromatic amines is 3. The number of hydrogen-bond acceptors (Lipinski definition) is 8. The number of carboxylic acid groups (broad SMARTS) is 1. The lowest BCUT2D eigenvalue weighted by atomic mass is 10.0. The Morgan fingerprint density at radius 2 is 1.37 bits per heavy atom. The Morgan fingerprint density at radius 1 is 0.805 bits per heavy atom. The molecule has 3 heterocycles. The molecule has 0 spiro atoms. The summed E-state index contributed by atoms with van der Waals surface area (Å²) >= 11 is 0. The highest BCUT2D eigenvalue weighted by Crippen LogP contribution is 2.19. The minimum atomic E-state index is -1.31. The smallest absolute Gasteiger partial charge is 0.326 e. The SMILES string of the molecule is NC(CO)C(=O)NC(Cc1c[nH]c2ccccc12)C(=O)NC(Cc1cnc[nH]1)C(=O)NC(Cc1cnc[nH]1)C(=O)O. The number of aliphatic hydroxyl groups is 1. The van der Waals surface area contributed by atoms with Crippen molar-refractivity contribution in [3.05, 3.63) is 72.5 Å². The third kappa shape index (κ3) is 7.55. The Labute approximate surface area is 233 Å². The van der Waals surface area contributed by atoms with Crippen molar-refractivity contribution in [1.82, 2.24) is 40.9 Å². The molecule has 15 heteroatoms. The zero-order valence-corrected chi connectivity index (χ0v) is 21.8. The molecule has 1 aromatic carbocycles. The fraction of sp³-hybridized carbons (Fsp3) is 0.308. The number of carbonyl (C=O) groups is 4. The minimum absolute atomic E-state index is 0.0374. The van der Waals surface area contributed by atoms with Gasteiger partial charge in [-0.15, -0.1) is 0 Å². The number of para-hydroxylation sites is 1. The number of H-pyrrole nitrogens is 3. The van der Waals surface area contributed by atoms with Crippen molar-refractivity contribution in [1.29, 1.82) is 0 Å². The van der Waals surface area contributed by atoms with E-state index in [4.69, 9.17) is 5.73 Å². The Balaban J connectivity index is 1.56.